The Balaban J connectivity index is 2.79. The molecular weight excluding hydrogens is 308 g/mol. The van der Waals surface area contributed by atoms with Crippen LogP contribution in [0.15, 0.2) is 36.4 Å². The molecule has 0 N–H and O–H groups in total. The van der Waals surface area contributed by atoms with Crippen molar-refractivity contribution in [2.24, 2.45) is 0 Å². The molecule has 4 nitrogen and oxygen atoms in total. The van der Waals surface area contributed by atoms with E-state index in [-0.39, 0.29) is 5.57 Å². The fourth-order valence-corrected chi connectivity index (χ4v) is 2.71. The molecule has 0 saturated heterocycles. The highest BCUT2D eigenvalue weighted by Gasteiger charge is 2.07. The Morgan fingerprint density at radius 3 is 1.80 bits per heavy atom. The lowest BCUT2D eigenvalue weighted by Crippen LogP contribution is -2.20. The first-order valence-electron chi connectivity index (χ1n) is 7.76. The Hall–Kier alpha value is -3.55. The van der Waals surface area contributed by atoms with Gasteiger partial charge in [-0.15, -0.1) is 0 Å². The molecule has 25 heavy (non-hydrogen) atoms. The van der Waals surface area contributed by atoms with Gasteiger partial charge in [0.15, 0.2) is 0 Å². The van der Waals surface area contributed by atoms with E-state index in [1.165, 1.54) is 0 Å². The highest BCUT2D eigenvalue weighted by Crippen LogP contribution is 2.17. The van der Waals surface area contributed by atoms with Crippen molar-refractivity contribution >= 4 is 16.8 Å². The summed E-state index contributed by atoms with van der Waals surface area (Å²) < 4.78 is 0. The van der Waals surface area contributed by atoms with Crippen molar-refractivity contribution in [1.82, 2.24) is 0 Å². The number of nitrogens with zero attached hydrogens (tertiary/aromatic N) is 4. The van der Waals surface area contributed by atoms with E-state index in [4.69, 9.17) is 10.5 Å². The molecule has 0 unspecified atom stereocenters. The maximum absolute atomic E-state index is 9.69. The fourth-order valence-electron chi connectivity index (χ4n) is 2.71. The van der Waals surface area contributed by atoms with Crippen molar-refractivity contribution in [2.75, 3.05) is 19.0 Å². The van der Waals surface area contributed by atoms with Crippen LogP contribution < -0.4 is 15.3 Å². The van der Waals surface area contributed by atoms with E-state index in [1.807, 2.05) is 75.3 Å². The van der Waals surface area contributed by atoms with Crippen molar-refractivity contribution < 1.29 is 0 Å². The van der Waals surface area contributed by atoms with Crippen LogP contribution in [-0.4, -0.2) is 14.1 Å². The van der Waals surface area contributed by atoms with Crippen LogP contribution in [0.4, 0.5) is 5.69 Å². The van der Waals surface area contributed by atoms with E-state index in [2.05, 4.69) is 6.07 Å². The van der Waals surface area contributed by atoms with Crippen LogP contribution in [0.5, 0.6) is 0 Å². The summed E-state index contributed by atoms with van der Waals surface area (Å²) in [5.74, 6) is 0. The second-order valence-electron chi connectivity index (χ2n) is 6.01. The molecule has 0 aliphatic rings. The monoisotopic (exact) mass is 326 g/mol. The molecular formula is C21H18N4. The molecule has 4 heteroatoms. The molecule has 0 bridgehead atoms. The van der Waals surface area contributed by atoms with Crippen molar-refractivity contribution in [2.45, 2.75) is 13.8 Å². The summed E-state index contributed by atoms with van der Waals surface area (Å²) in [7, 11) is 3.93. The zero-order valence-corrected chi connectivity index (χ0v) is 14.8. The van der Waals surface area contributed by atoms with Crippen LogP contribution in [0.3, 0.4) is 0 Å². The van der Waals surface area contributed by atoms with E-state index >= 15 is 0 Å². The summed E-state index contributed by atoms with van der Waals surface area (Å²) in [4.78, 5) is 2.00. The molecule has 0 atom stereocenters. The second-order valence-corrected chi connectivity index (χ2v) is 6.01. The van der Waals surface area contributed by atoms with E-state index < -0.39 is 0 Å². The molecule has 122 valence electrons. The lowest BCUT2D eigenvalue weighted by atomic mass is 9.97. The summed E-state index contributed by atoms with van der Waals surface area (Å²) in [5.41, 5.74) is 4.22. The first-order chi connectivity index (χ1) is 11.9. The summed E-state index contributed by atoms with van der Waals surface area (Å²) in [6.45, 7) is 3.73. The van der Waals surface area contributed by atoms with Gasteiger partial charge in [-0.25, -0.2) is 0 Å². The van der Waals surface area contributed by atoms with Gasteiger partial charge in [-0.3, -0.25) is 0 Å². The third-order valence-corrected chi connectivity index (χ3v) is 4.12. The largest absolute Gasteiger partial charge is 0.378 e. The standard InChI is InChI=1S/C21H18N4/c1-14-10-20(15(2)9-19(14)17(11-22)12-23)21(13-24)16-5-7-18(8-6-16)25(3)4/h5-10H,1-4H3/b21-20+. The smallest absolute Gasteiger partial charge is 0.137 e. The molecule has 0 saturated carbocycles. The van der Waals surface area contributed by atoms with Gasteiger partial charge in [0.25, 0.3) is 0 Å². The minimum atomic E-state index is 0.0843. The van der Waals surface area contributed by atoms with Crippen LogP contribution in [0.1, 0.15) is 16.7 Å². The normalized spacial score (nSPS) is 10.9. The molecule has 0 amide bonds. The molecule has 2 rings (SSSR count). The van der Waals surface area contributed by atoms with Gasteiger partial charge < -0.3 is 4.90 Å². The van der Waals surface area contributed by atoms with Gasteiger partial charge in [0.05, 0.1) is 5.57 Å². The summed E-state index contributed by atoms with van der Waals surface area (Å²) in [6.07, 6.45) is 0. The van der Waals surface area contributed by atoms with Crippen molar-refractivity contribution in [3.8, 4) is 18.2 Å². The zero-order chi connectivity index (χ0) is 18.6. The molecule has 0 heterocycles. The van der Waals surface area contributed by atoms with Gasteiger partial charge >= 0.3 is 0 Å². The Kier molecular flexibility index (Phi) is 5.23. The van der Waals surface area contributed by atoms with E-state index in [9.17, 15) is 5.26 Å². The van der Waals surface area contributed by atoms with Gasteiger partial charge in [0.1, 0.15) is 23.8 Å². The average Bonchev–Trinajstić information content (AvgIpc) is 2.60. The van der Waals surface area contributed by atoms with E-state index in [0.29, 0.717) is 10.8 Å². The van der Waals surface area contributed by atoms with Gasteiger partial charge in [-0.1, -0.05) is 12.1 Å². The predicted molar refractivity (Wildman–Crippen MR) is 98.7 cm³/mol. The highest BCUT2D eigenvalue weighted by molar-refractivity contribution is 5.78. The van der Waals surface area contributed by atoms with Crippen LogP contribution in [0, 0.1) is 47.8 Å². The SMILES string of the molecule is Cc1c/c(=C(/C#N)c2ccc(N(C)C)cc2)c(C)cc1=C(C#N)C#N. The van der Waals surface area contributed by atoms with Crippen molar-refractivity contribution in [3.05, 3.63) is 63.5 Å². The summed E-state index contributed by atoms with van der Waals surface area (Å²) in [6, 6.07) is 17.6. The number of aryl methyl sites for hydroxylation is 2. The molecule has 0 aliphatic carbocycles. The molecule has 0 aliphatic heterocycles. The van der Waals surface area contributed by atoms with Crippen LogP contribution >= 0.6 is 0 Å². The quantitative estimate of drug-likeness (QED) is 0.848. The topological polar surface area (TPSA) is 74.6 Å². The van der Waals surface area contributed by atoms with Gasteiger partial charge in [0.2, 0.25) is 0 Å². The van der Waals surface area contributed by atoms with Gasteiger partial charge in [0, 0.05) is 25.0 Å². The summed E-state index contributed by atoms with van der Waals surface area (Å²) in [5, 5.41) is 29.3. The predicted octanol–water partition coefficient (Wildman–Crippen LogP) is 2.29. The maximum atomic E-state index is 9.69. The fraction of sp³-hybridized carbons (Fsp3) is 0.190. The third kappa shape index (κ3) is 3.52. The number of anilines is 1. The molecule has 0 spiro atoms. The first kappa shape index (κ1) is 17.8. The Morgan fingerprint density at radius 2 is 1.32 bits per heavy atom. The number of hydrogen-bond donors (Lipinski definition) is 0. The van der Waals surface area contributed by atoms with Crippen LogP contribution in [0.2, 0.25) is 0 Å². The summed E-state index contributed by atoms with van der Waals surface area (Å²) >= 11 is 0. The maximum Gasteiger partial charge on any atom is 0.137 e. The van der Waals surface area contributed by atoms with Crippen LogP contribution in [-0.2, 0) is 0 Å². The molecule has 0 fully saturated rings. The zero-order valence-electron chi connectivity index (χ0n) is 14.8. The number of rotatable bonds is 2. The molecule has 2 aromatic carbocycles. The Bertz CT molecular complexity index is 1040. The third-order valence-electron chi connectivity index (χ3n) is 4.12. The number of benzene rings is 2. The van der Waals surface area contributed by atoms with Gasteiger partial charge in [-0.2, -0.15) is 15.8 Å². The van der Waals surface area contributed by atoms with Crippen molar-refractivity contribution in [1.29, 1.82) is 15.8 Å². The molecule has 0 aromatic heterocycles. The number of hydrogen-bond acceptors (Lipinski definition) is 4. The molecule has 2 aromatic rings. The highest BCUT2D eigenvalue weighted by atomic mass is 15.1. The van der Waals surface area contributed by atoms with Crippen LogP contribution in [0.25, 0.3) is 11.1 Å². The second kappa shape index (κ2) is 7.35. The average molecular weight is 326 g/mol. The number of nitriles is 3. The van der Waals surface area contributed by atoms with E-state index in [0.717, 1.165) is 27.6 Å². The Morgan fingerprint density at radius 1 is 0.800 bits per heavy atom. The minimum Gasteiger partial charge on any atom is -0.378 e. The van der Waals surface area contributed by atoms with Crippen molar-refractivity contribution in [3.63, 3.8) is 0 Å². The first-order valence-corrected chi connectivity index (χ1v) is 7.76. The lowest BCUT2D eigenvalue weighted by molar-refractivity contribution is 1.13. The minimum absolute atomic E-state index is 0.0843. The van der Waals surface area contributed by atoms with E-state index in [1.54, 1.807) is 6.07 Å². The molecule has 0 radical (unpaired) electrons. The van der Waals surface area contributed by atoms with Gasteiger partial charge in [-0.05, 0) is 60.0 Å². The lowest BCUT2D eigenvalue weighted by Gasteiger charge is -2.12. The Labute approximate surface area is 147 Å².